The third kappa shape index (κ3) is 4.28. The molecular weight excluding hydrogens is 411 g/mol. The van der Waals surface area contributed by atoms with Gasteiger partial charge in [0.1, 0.15) is 5.75 Å². The second kappa shape index (κ2) is 8.16. The molecule has 0 saturated carbocycles. The van der Waals surface area contributed by atoms with E-state index in [2.05, 4.69) is 10.1 Å². The van der Waals surface area contributed by atoms with E-state index >= 15 is 0 Å². The molecule has 0 radical (unpaired) electrons. The number of ether oxygens (including phenoxy) is 1. The zero-order valence-corrected chi connectivity index (χ0v) is 16.6. The molecule has 0 aliphatic carbocycles. The molecule has 2 aromatic carbocycles. The minimum Gasteiger partial charge on any atom is -0.497 e. The summed E-state index contributed by atoms with van der Waals surface area (Å²) in [5.74, 6) is 0.702. The van der Waals surface area contributed by atoms with Crippen LogP contribution in [0, 0.1) is 0 Å². The zero-order chi connectivity index (χ0) is 21.1. The van der Waals surface area contributed by atoms with Crippen molar-refractivity contribution in [3.63, 3.8) is 0 Å². The number of halogens is 3. The molecule has 30 heavy (non-hydrogen) atoms. The smallest absolute Gasteiger partial charge is 0.435 e. The summed E-state index contributed by atoms with van der Waals surface area (Å²) in [6.07, 6.45) is -1.24. The van der Waals surface area contributed by atoms with Crippen molar-refractivity contribution in [3.05, 3.63) is 83.0 Å². The Morgan fingerprint density at radius 1 is 1.00 bits per heavy atom. The molecule has 8 heteroatoms. The van der Waals surface area contributed by atoms with Gasteiger partial charge in [-0.25, -0.2) is 9.67 Å². The SMILES string of the molecule is COc1ccc(/C=C/c2cc(C(F)(F)F)nn2-c2nc(-c3ccccc3)cs2)cc1. The first-order valence-electron chi connectivity index (χ1n) is 8.95. The third-order valence-electron chi connectivity index (χ3n) is 4.33. The van der Waals surface area contributed by atoms with Crippen LogP contribution < -0.4 is 4.74 Å². The number of benzene rings is 2. The van der Waals surface area contributed by atoms with Crippen molar-refractivity contribution < 1.29 is 17.9 Å². The van der Waals surface area contributed by atoms with Crippen molar-refractivity contribution in [3.8, 4) is 22.1 Å². The highest BCUT2D eigenvalue weighted by atomic mass is 32.1. The molecule has 4 aromatic rings. The molecule has 4 nitrogen and oxygen atoms in total. The van der Waals surface area contributed by atoms with E-state index in [1.807, 2.05) is 42.5 Å². The van der Waals surface area contributed by atoms with Gasteiger partial charge in [-0.15, -0.1) is 11.3 Å². The van der Waals surface area contributed by atoms with Crippen molar-refractivity contribution in [1.82, 2.24) is 14.8 Å². The average Bonchev–Trinajstić information content (AvgIpc) is 3.40. The number of hydrogen-bond acceptors (Lipinski definition) is 4. The molecular formula is C22H16F3N3OS. The van der Waals surface area contributed by atoms with Gasteiger partial charge in [-0.3, -0.25) is 0 Å². The topological polar surface area (TPSA) is 39.9 Å². The van der Waals surface area contributed by atoms with Crippen LogP contribution in [0.25, 0.3) is 28.5 Å². The Balaban J connectivity index is 1.71. The average molecular weight is 427 g/mol. The summed E-state index contributed by atoms with van der Waals surface area (Å²) < 4.78 is 46.2. The van der Waals surface area contributed by atoms with Gasteiger partial charge in [0.25, 0.3) is 0 Å². The first-order chi connectivity index (χ1) is 14.4. The fourth-order valence-corrected chi connectivity index (χ4v) is 3.61. The van der Waals surface area contributed by atoms with E-state index in [-0.39, 0.29) is 5.69 Å². The summed E-state index contributed by atoms with van der Waals surface area (Å²) in [4.78, 5) is 4.49. The van der Waals surface area contributed by atoms with Gasteiger partial charge >= 0.3 is 6.18 Å². The van der Waals surface area contributed by atoms with E-state index in [0.29, 0.717) is 16.6 Å². The molecule has 152 valence electrons. The second-order valence-corrected chi connectivity index (χ2v) is 7.19. The van der Waals surface area contributed by atoms with Crippen LogP contribution in [-0.4, -0.2) is 21.9 Å². The summed E-state index contributed by atoms with van der Waals surface area (Å²) in [6.45, 7) is 0. The number of aromatic nitrogens is 3. The number of thiazole rings is 1. The fraction of sp³-hybridized carbons (Fsp3) is 0.0909. The quantitative estimate of drug-likeness (QED) is 0.381. The van der Waals surface area contributed by atoms with Crippen LogP contribution in [0.5, 0.6) is 5.75 Å². The zero-order valence-electron chi connectivity index (χ0n) is 15.8. The number of nitrogens with zero attached hydrogens (tertiary/aromatic N) is 3. The van der Waals surface area contributed by atoms with Crippen LogP contribution in [0.2, 0.25) is 0 Å². The lowest BCUT2D eigenvalue weighted by Crippen LogP contribution is -2.07. The van der Waals surface area contributed by atoms with Crippen LogP contribution in [0.3, 0.4) is 0 Å². The lowest BCUT2D eigenvalue weighted by molar-refractivity contribution is -0.141. The Morgan fingerprint density at radius 3 is 2.40 bits per heavy atom. The van der Waals surface area contributed by atoms with Gasteiger partial charge in [0, 0.05) is 10.9 Å². The molecule has 0 aliphatic rings. The highest BCUT2D eigenvalue weighted by molar-refractivity contribution is 7.12. The first-order valence-corrected chi connectivity index (χ1v) is 9.83. The van der Waals surface area contributed by atoms with Crippen molar-refractivity contribution in [1.29, 1.82) is 0 Å². The van der Waals surface area contributed by atoms with E-state index in [0.717, 1.165) is 17.2 Å². The molecule has 0 saturated heterocycles. The van der Waals surface area contributed by atoms with E-state index in [1.165, 1.54) is 16.0 Å². The molecule has 0 atom stereocenters. The monoisotopic (exact) mass is 427 g/mol. The number of rotatable bonds is 5. The van der Waals surface area contributed by atoms with Crippen LogP contribution in [-0.2, 0) is 6.18 Å². The third-order valence-corrected chi connectivity index (χ3v) is 5.15. The molecule has 0 amide bonds. The molecule has 0 aliphatic heterocycles. The Hall–Kier alpha value is -3.39. The van der Waals surface area contributed by atoms with Gasteiger partial charge in [-0.1, -0.05) is 48.5 Å². The molecule has 2 aromatic heterocycles. The summed E-state index contributed by atoms with van der Waals surface area (Å²) in [6, 6.07) is 17.7. The summed E-state index contributed by atoms with van der Waals surface area (Å²) in [7, 11) is 1.57. The fourth-order valence-electron chi connectivity index (χ4n) is 2.81. The van der Waals surface area contributed by atoms with E-state index in [4.69, 9.17) is 4.74 Å². The maximum absolute atomic E-state index is 13.3. The summed E-state index contributed by atoms with van der Waals surface area (Å²) >= 11 is 1.23. The Morgan fingerprint density at radius 2 is 1.73 bits per heavy atom. The van der Waals surface area contributed by atoms with Crippen LogP contribution in [0.1, 0.15) is 17.0 Å². The van der Waals surface area contributed by atoms with Gasteiger partial charge in [0.05, 0.1) is 18.5 Å². The van der Waals surface area contributed by atoms with E-state index in [1.54, 1.807) is 36.8 Å². The van der Waals surface area contributed by atoms with Crippen molar-refractivity contribution in [2.24, 2.45) is 0 Å². The number of hydrogen-bond donors (Lipinski definition) is 0. The predicted octanol–water partition coefficient (Wildman–Crippen LogP) is 6.19. The van der Waals surface area contributed by atoms with Gasteiger partial charge in [0.15, 0.2) is 5.69 Å². The maximum Gasteiger partial charge on any atom is 0.435 e. The Kier molecular flexibility index (Phi) is 5.41. The molecule has 0 fully saturated rings. The van der Waals surface area contributed by atoms with Crippen molar-refractivity contribution >= 4 is 23.5 Å². The molecule has 2 heterocycles. The normalized spacial score (nSPS) is 11.9. The van der Waals surface area contributed by atoms with Gasteiger partial charge in [0.2, 0.25) is 5.13 Å². The lowest BCUT2D eigenvalue weighted by atomic mass is 10.2. The standard InChI is InChI=1S/C22H16F3N3OS/c1-29-18-11-8-15(9-12-18)7-10-17-13-20(22(23,24)25)27-28(17)21-26-19(14-30-21)16-5-3-2-4-6-16/h2-14H,1H3/b10-7+. The first kappa shape index (κ1) is 19.9. The largest absolute Gasteiger partial charge is 0.497 e. The molecule has 0 unspecified atom stereocenters. The lowest BCUT2D eigenvalue weighted by Gasteiger charge is -2.01. The highest BCUT2D eigenvalue weighted by Crippen LogP contribution is 2.31. The maximum atomic E-state index is 13.3. The van der Waals surface area contributed by atoms with Crippen LogP contribution >= 0.6 is 11.3 Å². The summed E-state index contributed by atoms with van der Waals surface area (Å²) in [5.41, 5.74) is 1.71. The Labute approximate surface area is 174 Å². The summed E-state index contributed by atoms with van der Waals surface area (Å²) in [5, 5.41) is 5.93. The number of methoxy groups -OCH3 is 1. The van der Waals surface area contributed by atoms with Crippen LogP contribution in [0.15, 0.2) is 66.0 Å². The van der Waals surface area contributed by atoms with Crippen molar-refractivity contribution in [2.45, 2.75) is 6.18 Å². The minimum absolute atomic E-state index is 0.284. The molecule has 4 rings (SSSR count). The second-order valence-electron chi connectivity index (χ2n) is 6.35. The van der Waals surface area contributed by atoms with Gasteiger partial charge < -0.3 is 4.74 Å². The van der Waals surface area contributed by atoms with Crippen molar-refractivity contribution in [2.75, 3.05) is 7.11 Å². The molecule has 0 N–H and O–H groups in total. The molecule has 0 bridgehead atoms. The highest BCUT2D eigenvalue weighted by Gasteiger charge is 2.35. The molecule has 0 spiro atoms. The van der Waals surface area contributed by atoms with Gasteiger partial charge in [-0.05, 0) is 29.8 Å². The number of alkyl halides is 3. The van der Waals surface area contributed by atoms with Gasteiger partial charge in [-0.2, -0.15) is 18.3 Å². The van der Waals surface area contributed by atoms with E-state index < -0.39 is 11.9 Å². The predicted molar refractivity (Wildman–Crippen MR) is 112 cm³/mol. The Bertz CT molecular complexity index is 1160. The minimum atomic E-state index is -4.55. The van der Waals surface area contributed by atoms with E-state index in [9.17, 15) is 13.2 Å². The van der Waals surface area contributed by atoms with Crippen LogP contribution in [0.4, 0.5) is 13.2 Å².